The molecule has 0 amide bonds. The molecule has 16 heavy (non-hydrogen) atoms. The fraction of sp³-hybridized carbons (Fsp3) is 0.667. The van der Waals surface area contributed by atoms with Crippen molar-refractivity contribution in [1.29, 1.82) is 0 Å². The number of anilines is 1. The topological polar surface area (TPSA) is 85.1 Å². The van der Waals surface area contributed by atoms with E-state index >= 15 is 0 Å². The monoisotopic (exact) mass is 261 g/mol. The molecule has 0 bridgehead atoms. The van der Waals surface area contributed by atoms with Crippen LogP contribution in [0.3, 0.4) is 0 Å². The molecule has 1 fully saturated rings. The minimum Gasteiger partial charge on any atom is -0.359 e. The number of hydrogen-bond donors (Lipinski definition) is 2. The molecule has 1 heterocycles. The van der Waals surface area contributed by atoms with Crippen LogP contribution in [0.25, 0.3) is 0 Å². The smallest absolute Gasteiger partial charge is 0.249 e. The number of primary sulfonamides is 1. The number of hydrogen-bond acceptors (Lipinski definition) is 5. The fourth-order valence-corrected chi connectivity index (χ4v) is 3.26. The number of nitrogens with one attached hydrogen (secondary N) is 1. The Labute approximate surface area is 99.1 Å². The maximum Gasteiger partial charge on any atom is 0.249 e. The number of sulfonamides is 1. The highest BCUT2D eigenvalue weighted by Crippen LogP contribution is 2.32. The molecule has 5 nitrogen and oxygen atoms in total. The van der Waals surface area contributed by atoms with E-state index in [1.165, 1.54) is 25.5 Å². The fourth-order valence-electron chi connectivity index (χ4n) is 1.71. The quantitative estimate of drug-likeness (QED) is 0.857. The van der Waals surface area contributed by atoms with Gasteiger partial charge in [0.15, 0.2) is 9.34 Å². The van der Waals surface area contributed by atoms with Crippen LogP contribution < -0.4 is 10.5 Å². The van der Waals surface area contributed by atoms with Crippen molar-refractivity contribution in [2.45, 2.75) is 36.4 Å². The average Bonchev–Trinajstić information content (AvgIpc) is 2.47. The molecule has 0 radical (unpaired) electrons. The van der Waals surface area contributed by atoms with Gasteiger partial charge in [-0.15, -0.1) is 0 Å². The predicted octanol–water partition coefficient (Wildman–Crippen LogP) is 1.39. The number of rotatable bonds is 4. The van der Waals surface area contributed by atoms with E-state index in [1.807, 2.05) is 0 Å². The first-order chi connectivity index (χ1) is 7.47. The molecule has 1 saturated carbocycles. The zero-order chi connectivity index (χ0) is 11.8. The van der Waals surface area contributed by atoms with Crippen LogP contribution in [0.5, 0.6) is 0 Å². The lowest BCUT2D eigenvalue weighted by molar-refractivity contribution is 0.285. The Bertz CT molecular complexity index is 465. The van der Waals surface area contributed by atoms with E-state index in [2.05, 4.69) is 17.2 Å². The largest absolute Gasteiger partial charge is 0.359 e. The van der Waals surface area contributed by atoms with Gasteiger partial charge in [0.25, 0.3) is 0 Å². The van der Waals surface area contributed by atoms with Crippen LogP contribution in [-0.2, 0) is 10.0 Å². The number of aromatic nitrogens is 1. The van der Waals surface area contributed by atoms with Crippen molar-refractivity contribution in [3.8, 4) is 0 Å². The summed E-state index contributed by atoms with van der Waals surface area (Å²) in [5.74, 6) is 0.682. The number of thiazole rings is 1. The predicted molar refractivity (Wildman–Crippen MR) is 63.9 cm³/mol. The van der Waals surface area contributed by atoms with Gasteiger partial charge in [0.2, 0.25) is 10.0 Å². The summed E-state index contributed by atoms with van der Waals surface area (Å²) in [5.41, 5.74) is 0. The normalized spacial score (nSPS) is 19.1. The summed E-state index contributed by atoms with van der Waals surface area (Å²) in [7, 11) is -3.61. The Balaban J connectivity index is 2.02. The highest BCUT2D eigenvalue weighted by atomic mass is 32.2. The van der Waals surface area contributed by atoms with Gasteiger partial charge >= 0.3 is 0 Å². The molecule has 2 rings (SSSR count). The third-order valence-corrected chi connectivity index (χ3v) is 5.31. The third kappa shape index (κ3) is 2.53. The van der Waals surface area contributed by atoms with Crippen LogP contribution in [-0.4, -0.2) is 19.4 Å². The van der Waals surface area contributed by atoms with E-state index < -0.39 is 10.0 Å². The lowest BCUT2D eigenvalue weighted by Gasteiger charge is -2.31. The summed E-state index contributed by atoms with van der Waals surface area (Å²) < 4.78 is 22.2. The standard InChI is InChI=1S/C9H15N3O2S2/c1-6(7-3-2-4-7)12-9-11-5-8(15-9)16(10,13)14/h5-7H,2-4H2,1H3,(H,11,12)(H2,10,13,14). The molecule has 1 unspecified atom stereocenters. The van der Waals surface area contributed by atoms with Crippen LogP contribution >= 0.6 is 11.3 Å². The van der Waals surface area contributed by atoms with Gasteiger partial charge in [-0.05, 0) is 25.7 Å². The van der Waals surface area contributed by atoms with Crippen molar-refractivity contribution in [3.63, 3.8) is 0 Å². The molecule has 0 spiro atoms. The minimum atomic E-state index is -3.61. The van der Waals surface area contributed by atoms with Crippen LogP contribution in [0.1, 0.15) is 26.2 Å². The highest BCUT2D eigenvalue weighted by molar-refractivity contribution is 7.91. The van der Waals surface area contributed by atoms with Gasteiger partial charge < -0.3 is 5.32 Å². The van der Waals surface area contributed by atoms with Gasteiger partial charge in [0.05, 0.1) is 6.20 Å². The Hall–Kier alpha value is -0.660. The first kappa shape index (κ1) is 11.8. The van der Waals surface area contributed by atoms with E-state index in [1.54, 1.807) is 0 Å². The average molecular weight is 261 g/mol. The first-order valence-electron chi connectivity index (χ1n) is 5.22. The Morgan fingerprint density at radius 2 is 2.31 bits per heavy atom. The van der Waals surface area contributed by atoms with E-state index in [9.17, 15) is 8.42 Å². The molecule has 1 aliphatic rings. The van der Waals surface area contributed by atoms with Gasteiger partial charge in [-0.3, -0.25) is 0 Å². The zero-order valence-electron chi connectivity index (χ0n) is 9.01. The maximum absolute atomic E-state index is 11.1. The second kappa shape index (κ2) is 4.31. The second-order valence-electron chi connectivity index (χ2n) is 4.15. The van der Waals surface area contributed by atoms with Gasteiger partial charge in [-0.25, -0.2) is 18.5 Å². The molecule has 3 N–H and O–H groups in total. The van der Waals surface area contributed by atoms with E-state index in [4.69, 9.17) is 5.14 Å². The molecule has 1 aromatic rings. The summed E-state index contributed by atoms with van der Waals surface area (Å²) in [6, 6.07) is 0.341. The van der Waals surface area contributed by atoms with Crippen LogP contribution in [0.15, 0.2) is 10.4 Å². The number of nitrogens with zero attached hydrogens (tertiary/aromatic N) is 1. The molecule has 1 aliphatic carbocycles. The summed E-state index contributed by atoms with van der Waals surface area (Å²) in [5, 5.41) is 8.86. The van der Waals surface area contributed by atoms with Crippen LogP contribution in [0.4, 0.5) is 5.13 Å². The summed E-state index contributed by atoms with van der Waals surface area (Å²) in [6.07, 6.45) is 5.07. The maximum atomic E-state index is 11.1. The first-order valence-corrected chi connectivity index (χ1v) is 7.58. The summed E-state index contributed by atoms with van der Waals surface area (Å²) in [6.45, 7) is 2.10. The molecular weight excluding hydrogens is 246 g/mol. The molecule has 0 saturated heterocycles. The van der Waals surface area contributed by atoms with Crippen molar-refractivity contribution < 1.29 is 8.42 Å². The third-order valence-electron chi connectivity index (χ3n) is 2.97. The molecule has 0 aromatic carbocycles. The van der Waals surface area contributed by atoms with Crippen molar-refractivity contribution in [2.24, 2.45) is 11.1 Å². The van der Waals surface area contributed by atoms with E-state index in [0.29, 0.717) is 17.1 Å². The second-order valence-corrected chi connectivity index (χ2v) is 6.97. The molecular formula is C9H15N3O2S2. The summed E-state index contributed by atoms with van der Waals surface area (Å²) >= 11 is 1.08. The number of nitrogens with two attached hydrogens (primary N) is 1. The minimum absolute atomic E-state index is 0.107. The van der Waals surface area contributed by atoms with E-state index in [0.717, 1.165) is 11.3 Å². The summed E-state index contributed by atoms with van der Waals surface area (Å²) in [4.78, 5) is 4.01. The Kier molecular flexibility index (Phi) is 3.18. The van der Waals surface area contributed by atoms with Gasteiger partial charge in [-0.1, -0.05) is 17.8 Å². The lowest BCUT2D eigenvalue weighted by Crippen LogP contribution is -2.30. The molecule has 1 atom stereocenters. The van der Waals surface area contributed by atoms with Crippen LogP contribution in [0.2, 0.25) is 0 Å². The van der Waals surface area contributed by atoms with Crippen molar-refractivity contribution in [3.05, 3.63) is 6.20 Å². The highest BCUT2D eigenvalue weighted by Gasteiger charge is 2.24. The molecule has 7 heteroatoms. The van der Waals surface area contributed by atoms with E-state index in [-0.39, 0.29) is 4.21 Å². The van der Waals surface area contributed by atoms with Gasteiger partial charge in [0.1, 0.15) is 0 Å². The van der Waals surface area contributed by atoms with Crippen molar-refractivity contribution >= 4 is 26.5 Å². The molecule has 90 valence electrons. The van der Waals surface area contributed by atoms with Crippen molar-refractivity contribution in [1.82, 2.24) is 4.98 Å². The molecule has 0 aliphatic heterocycles. The molecule has 1 aromatic heterocycles. The van der Waals surface area contributed by atoms with Gasteiger partial charge in [-0.2, -0.15) is 0 Å². The van der Waals surface area contributed by atoms with Crippen molar-refractivity contribution in [2.75, 3.05) is 5.32 Å². The Morgan fingerprint density at radius 3 is 2.75 bits per heavy atom. The van der Waals surface area contributed by atoms with Crippen LogP contribution in [0, 0.1) is 5.92 Å². The SMILES string of the molecule is CC(Nc1ncc(S(N)(=O)=O)s1)C1CCC1. The lowest BCUT2D eigenvalue weighted by atomic mass is 9.80. The van der Waals surface area contributed by atoms with Gasteiger partial charge in [0, 0.05) is 6.04 Å². The Morgan fingerprint density at radius 1 is 1.62 bits per heavy atom. The zero-order valence-corrected chi connectivity index (χ0v) is 10.6.